The topological polar surface area (TPSA) is 57.3 Å². The second-order valence-corrected chi connectivity index (χ2v) is 6.85. The maximum Gasteiger partial charge on any atom is 0.234 e. The number of hydrogen-bond donors (Lipinski definition) is 2. The maximum atomic E-state index is 13.8. The number of halogens is 3. The minimum atomic E-state index is -0.588. The SMILES string of the molecule is CC(Cc1c(F)cccc1F)NC(=O)CN1CCNCC1c1cccnc1.Cl. The molecule has 1 aliphatic heterocycles. The molecule has 1 aromatic carbocycles. The largest absolute Gasteiger partial charge is 0.352 e. The molecule has 28 heavy (non-hydrogen) atoms. The Labute approximate surface area is 169 Å². The first-order valence-corrected chi connectivity index (χ1v) is 9.11. The fraction of sp³-hybridized carbons (Fsp3) is 0.400. The molecule has 2 atom stereocenters. The van der Waals surface area contributed by atoms with E-state index in [1.807, 2.05) is 18.3 Å². The molecule has 1 amide bonds. The van der Waals surface area contributed by atoms with Gasteiger partial charge in [-0.3, -0.25) is 14.7 Å². The van der Waals surface area contributed by atoms with Gasteiger partial charge in [0.25, 0.3) is 0 Å². The molecule has 8 heteroatoms. The Morgan fingerprint density at radius 3 is 2.75 bits per heavy atom. The Bertz CT molecular complexity index is 758. The molecule has 5 nitrogen and oxygen atoms in total. The third-order valence-electron chi connectivity index (χ3n) is 4.75. The van der Waals surface area contributed by atoms with Crippen molar-refractivity contribution in [2.45, 2.75) is 25.4 Å². The van der Waals surface area contributed by atoms with Crippen LogP contribution in [0, 0.1) is 11.6 Å². The number of benzene rings is 1. The monoisotopic (exact) mass is 410 g/mol. The van der Waals surface area contributed by atoms with Crippen molar-refractivity contribution in [3.63, 3.8) is 0 Å². The predicted molar refractivity (Wildman–Crippen MR) is 106 cm³/mol. The molecule has 152 valence electrons. The lowest BCUT2D eigenvalue weighted by atomic mass is 10.0. The molecule has 2 aromatic rings. The summed E-state index contributed by atoms with van der Waals surface area (Å²) in [6.07, 6.45) is 3.64. The fourth-order valence-corrected chi connectivity index (χ4v) is 3.43. The van der Waals surface area contributed by atoms with E-state index in [1.165, 1.54) is 18.2 Å². The quantitative estimate of drug-likeness (QED) is 0.768. The lowest BCUT2D eigenvalue weighted by Crippen LogP contribution is -2.50. The highest BCUT2D eigenvalue weighted by atomic mass is 35.5. The number of piperazine rings is 1. The number of nitrogens with one attached hydrogen (secondary N) is 2. The van der Waals surface area contributed by atoms with Gasteiger partial charge < -0.3 is 10.6 Å². The van der Waals surface area contributed by atoms with Crippen LogP contribution in [0.3, 0.4) is 0 Å². The van der Waals surface area contributed by atoms with Crippen molar-refractivity contribution < 1.29 is 13.6 Å². The minimum absolute atomic E-state index is 0. The van der Waals surface area contributed by atoms with E-state index in [4.69, 9.17) is 0 Å². The molecular weight excluding hydrogens is 386 g/mol. The van der Waals surface area contributed by atoms with Gasteiger partial charge in [0.15, 0.2) is 0 Å². The number of carbonyl (C=O) groups is 1. The van der Waals surface area contributed by atoms with Crippen molar-refractivity contribution >= 4 is 18.3 Å². The van der Waals surface area contributed by atoms with E-state index in [0.717, 1.165) is 25.2 Å². The Morgan fingerprint density at radius 2 is 2.07 bits per heavy atom. The van der Waals surface area contributed by atoms with Gasteiger partial charge in [-0.1, -0.05) is 12.1 Å². The number of aromatic nitrogens is 1. The summed E-state index contributed by atoms with van der Waals surface area (Å²) in [4.78, 5) is 18.7. The fourth-order valence-electron chi connectivity index (χ4n) is 3.43. The Morgan fingerprint density at radius 1 is 1.32 bits per heavy atom. The zero-order valence-corrected chi connectivity index (χ0v) is 16.5. The van der Waals surface area contributed by atoms with Gasteiger partial charge in [0.05, 0.1) is 6.54 Å². The summed E-state index contributed by atoms with van der Waals surface area (Å²) < 4.78 is 27.6. The summed E-state index contributed by atoms with van der Waals surface area (Å²) in [7, 11) is 0. The van der Waals surface area contributed by atoms with E-state index in [1.54, 1.807) is 13.1 Å². The summed E-state index contributed by atoms with van der Waals surface area (Å²) >= 11 is 0. The van der Waals surface area contributed by atoms with Crippen molar-refractivity contribution in [2.75, 3.05) is 26.2 Å². The summed E-state index contributed by atoms with van der Waals surface area (Å²) in [5.74, 6) is -1.33. The maximum absolute atomic E-state index is 13.8. The first kappa shape index (κ1) is 22.2. The van der Waals surface area contributed by atoms with E-state index >= 15 is 0 Å². The van der Waals surface area contributed by atoms with E-state index in [2.05, 4.69) is 20.5 Å². The number of amides is 1. The second-order valence-electron chi connectivity index (χ2n) is 6.85. The van der Waals surface area contributed by atoms with Gasteiger partial charge in [-0.05, 0) is 37.1 Å². The second kappa shape index (κ2) is 10.5. The Hall–Kier alpha value is -2.09. The molecule has 3 rings (SSSR count). The number of nitrogens with zero attached hydrogens (tertiary/aromatic N) is 2. The number of pyridine rings is 1. The first-order chi connectivity index (χ1) is 13.0. The standard InChI is InChI=1S/C20H24F2N4O.ClH/c1-14(10-16-17(21)5-2-6-18(16)22)25-20(27)13-26-9-8-24-12-19(26)15-4-3-7-23-11-15;/h2-7,11,14,19,24H,8-10,12-13H2,1H3,(H,25,27);1H. The summed E-state index contributed by atoms with van der Waals surface area (Å²) in [6.45, 7) is 4.27. The van der Waals surface area contributed by atoms with Crippen LogP contribution in [0.4, 0.5) is 8.78 Å². The average Bonchev–Trinajstić information content (AvgIpc) is 2.66. The third-order valence-corrected chi connectivity index (χ3v) is 4.75. The molecule has 1 fully saturated rings. The average molecular weight is 411 g/mol. The number of rotatable bonds is 6. The summed E-state index contributed by atoms with van der Waals surface area (Å²) in [6, 6.07) is 7.37. The lowest BCUT2D eigenvalue weighted by molar-refractivity contribution is -0.123. The molecule has 2 heterocycles. The molecule has 1 saturated heterocycles. The number of hydrogen-bond acceptors (Lipinski definition) is 4. The Kier molecular flexibility index (Phi) is 8.29. The zero-order valence-electron chi connectivity index (χ0n) is 15.7. The summed E-state index contributed by atoms with van der Waals surface area (Å²) in [5.41, 5.74) is 1.06. The predicted octanol–water partition coefficient (Wildman–Crippen LogP) is 2.48. The minimum Gasteiger partial charge on any atom is -0.352 e. The van der Waals surface area contributed by atoms with E-state index in [9.17, 15) is 13.6 Å². The van der Waals surface area contributed by atoms with Gasteiger partial charge in [0, 0.05) is 49.7 Å². The molecule has 0 aliphatic carbocycles. The van der Waals surface area contributed by atoms with Gasteiger partial charge >= 0.3 is 0 Å². The highest BCUT2D eigenvalue weighted by Crippen LogP contribution is 2.21. The van der Waals surface area contributed by atoms with Crippen molar-refractivity contribution in [3.05, 3.63) is 65.5 Å². The summed E-state index contributed by atoms with van der Waals surface area (Å²) in [5, 5.41) is 6.19. The van der Waals surface area contributed by atoms with Crippen LogP contribution in [0.25, 0.3) is 0 Å². The van der Waals surface area contributed by atoms with Crippen LogP contribution in [0.15, 0.2) is 42.7 Å². The zero-order chi connectivity index (χ0) is 19.2. The molecular formula is C20H25ClF2N4O. The number of carbonyl (C=O) groups excluding carboxylic acids is 1. The third kappa shape index (κ3) is 5.70. The highest BCUT2D eigenvalue weighted by molar-refractivity contribution is 5.85. The molecule has 0 radical (unpaired) electrons. The van der Waals surface area contributed by atoms with Gasteiger partial charge in [-0.2, -0.15) is 0 Å². The first-order valence-electron chi connectivity index (χ1n) is 9.11. The van der Waals surface area contributed by atoms with Crippen molar-refractivity contribution in [1.29, 1.82) is 0 Å². The van der Waals surface area contributed by atoms with E-state index in [-0.39, 0.29) is 48.9 Å². The molecule has 1 aromatic heterocycles. The van der Waals surface area contributed by atoms with Crippen molar-refractivity contribution in [2.24, 2.45) is 0 Å². The normalized spacial score (nSPS) is 18.2. The van der Waals surface area contributed by atoms with Crippen LogP contribution >= 0.6 is 12.4 Å². The smallest absolute Gasteiger partial charge is 0.234 e. The molecule has 0 bridgehead atoms. The van der Waals surface area contributed by atoms with Crippen LogP contribution < -0.4 is 10.6 Å². The van der Waals surface area contributed by atoms with E-state index < -0.39 is 11.6 Å². The highest BCUT2D eigenvalue weighted by Gasteiger charge is 2.26. The van der Waals surface area contributed by atoms with Crippen molar-refractivity contribution in [3.8, 4) is 0 Å². The van der Waals surface area contributed by atoms with E-state index in [0.29, 0.717) is 0 Å². The van der Waals surface area contributed by atoms with Gasteiger partial charge in [-0.25, -0.2) is 8.78 Å². The lowest BCUT2D eigenvalue weighted by Gasteiger charge is -2.36. The van der Waals surface area contributed by atoms with Crippen molar-refractivity contribution in [1.82, 2.24) is 20.5 Å². The van der Waals surface area contributed by atoms with Crippen LogP contribution in [0.1, 0.15) is 24.1 Å². The molecule has 2 unspecified atom stereocenters. The van der Waals surface area contributed by atoms with Crippen LogP contribution in [-0.2, 0) is 11.2 Å². The molecule has 0 saturated carbocycles. The van der Waals surface area contributed by atoms with Gasteiger partial charge in [0.2, 0.25) is 5.91 Å². The van der Waals surface area contributed by atoms with Gasteiger partial charge in [-0.15, -0.1) is 12.4 Å². The molecule has 1 aliphatic rings. The van der Waals surface area contributed by atoms with Crippen LogP contribution in [-0.4, -0.2) is 48.0 Å². The van der Waals surface area contributed by atoms with Gasteiger partial charge in [0.1, 0.15) is 11.6 Å². The molecule has 0 spiro atoms. The van der Waals surface area contributed by atoms with Crippen LogP contribution in [0.2, 0.25) is 0 Å². The van der Waals surface area contributed by atoms with Crippen LogP contribution in [0.5, 0.6) is 0 Å². The molecule has 2 N–H and O–H groups in total. The Balaban J connectivity index is 0.00000280.